The van der Waals surface area contributed by atoms with Crippen LogP contribution < -0.4 is 4.90 Å². The number of Topliss-reactive ketones (excluding diaryl/α,β-unsaturated/α-hetero) is 1. The molecule has 0 N–H and O–H groups in total. The maximum absolute atomic E-state index is 13.6. The number of carbonyl (C=O) groups is 1. The second-order valence-electron chi connectivity index (χ2n) is 3.94. The van der Waals surface area contributed by atoms with E-state index in [1.165, 1.54) is 12.1 Å². The number of anilines is 1. The number of halogens is 2. The third kappa shape index (κ3) is 2.44. The topological polar surface area (TPSA) is 29.5 Å². The number of nitrogens with zero attached hydrogens (tertiary/aromatic N) is 1. The van der Waals surface area contributed by atoms with Gasteiger partial charge in [0.25, 0.3) is 0 Å². The van der Waals surface area contributed by atoms with Gasteiger partial charge in [-0.25, -0.2) is 8.78 Å². The largest absolute Gasteiger partial charge is 0.378 e. The van der Waals surface area contributed by atoms with Gasteiger partial charge in [0.15, 0.2) is 5.78 Å². The predicted molar refractivity (Wildman–Crippen MR) is 59.4 cm³/mol. The van der Waals surface area contributed by atoms with E-state index in [2.05, 4.69) is 0 Å². The zero-order chi connectivity index (χ0) is 12.4. The summed E-state index contributed by atoms with van der Waals surface area (Å²) in [5.74, 6) is -2.22. The van der Waals surface area contributed by atoms with Crippen molar-refractivity contribution in [3.8, 4) is 0 Å². The van der Waals surface area contributed by atoms with E-state index in [-0.39, 0.29) is 0 Å². The Balaban J connectivity index is 2.34. The van der Waals surface area contributed by atoms with Crippen molar-refractivity contribution in [3.05, 3.63) is 29.3 Å². The molecule has 0 radical (unpaired) electrons. The molecule has 0 amide bonds. The molecule has 0 aromatic heterocycles. The lowest BCUT2D eigenvalue weighted by Crippen LogP contribution is -2.36. The summed E-state index contributed by atoms with van der Waals surface area (Å²) in [4.78, 5) is 12.9. The molecule has 1 aliphatic heterocycles. The third-order valence-electron chi connectivity index (χ3n) is 2.76. The Morgan fingerprint density at radius 1 is 1.24 bits per heavy atom. The average molecular weight is 241 g/mol. The summed E-state index contributed by atoms with van der Waals surface area (Å²) in [6.07, 6.45) is 0. The summed E-state index contributed by atoms with van der Waals surface area (Å²) in [6.45, 7) is 3.42. The first kappa shape index (κ1) is 12.0. The minimum atomic E-state index is -0.806. The van der Waals surface area contributed by atoms with Crippen LogP contribution in [-0.4, -0.2) is 32.1 Å². The molecule has 1 fully saturated rings. The first-order valence-electron chi connectivity index (χ1n) is 5.42. The second kappa shape index (κ2) is 4.79. The highest BCUT2D eigenvalue weighted by Gasteiger charge is 2.18. The monoisotopic (exact) mass is 241 g/mol. The van der Waals surface area contributed by atoms with Crippen molar-refractivity contribution in [2.45, 2.75) is 6.92 Å². The summed E-state index contributed by atoms with van der Waals surface area (Å²) in [7, 11) is 0. The van der Waals surface area contributed by atoms with Crippen LogP contribution in [0.4, 0.5) is 14.5 Å². The van der Waals surface area contributed by atoms with E-state index in [0.717, 1.165) is 6.92 Å². The number of ether oxygens (including phenoxy) is 1. The van der Waals surface area contributed by atoms with E-state index in [1.54, 1.807) is 0 Å². The van der Waals surface area contributed by atoms with Gasteiger partial charge in [0, 0.05) is 18.8 Å². The van der Waals surface area contributed by atoms with Crippen LogP contribution in [-0.2, 0) is 4.74 Å². The normalized spacial score (nSPS) is 16.1. The summed E-state index contributed by atoms with van der Waals surface area (Å²) >= 11 is 0. The van der Waals surface area contributed by atoms with Crippen LogP contribution in [0.5, 0.6) is 0 Å². The van der Waals surface area contributed by atoms with E-state index < -0.39 is 23.0 Å². The van der Waals surface area contributed by atoms with Crippen molar-refractivity contribution in [2.75, 3.05) is 31.2 Å². The molecular weight excluding hydrogens is 228 g/mol. The van der Waals surface area contributed by atoms with Crippen LogP contribution in [0.2, 0.25) is 0 Å². The number of hydrogen-bond acceptors (Lipinski definition) is 3. The maximum atomic E-state index is 13.6. The van der Waals surface area contributed by atoms with Crippen LogP contribution in [0.1, 0.15) is 17.3 Å². The van der Waals surface area contributed by atoms with Gasteiger partial charge < -0.3 is 9.64 Å². The van der Waals surface area contributed by atoms with Gasteiger partial charge in [-0.1, -0.05) is 0 Å². The summed E-state index contributed by atoms with van der Waals surface area (Å²) in [6, 6.07) is 2.40. The molecule has 0 unspecified atom stereocenters. The van der Waals surface area contributed by atoms with E-state index in [4.69, 9.17) is 4.74 Å². The van der Waals surface area contributed by atoms with Gasteiger partial charge in [-0.3, -0.25) is 4.79 Å². The molecule has 0 aliphatic carbocycles. The van der Waals surface area contributed by atoms with Crippen molar-refractivity contribution < 1.29 is 18.3 Å². The fourth-order valence-electron chi connectivity index (χ4n) is 1.90. The lowest BCUT2D eigenvalue weighted by atomic mass is 10.1. The molecule has 0 saturated carbocycles. The summed E-state index contributed by atoms with van der Waals surface area (Å²) in [5, 5.41) is 0. The van der Waals surface area contributed by atoms with Crippen LogP contribution in [0.3, 0.4) is 0 Å². The lowest BCUT2D eigenvalue weighted by Gasteiger charge is -2.29. The number of benzene rings is 1. The van der Waals surface area contributed by atoms with Gasteiger partial charge in [0.1, 0.15) is 11.6 Å². The molecule has 2 rings (SSSR count). The van der Waals surface area contributed by atoms with Crippen molar-refractivity contribution in [3.63, 3.8) is 0 Å². The first-order chi connectivity index (χ1) is 8.09. The zero-order valence-corrected chi connectivity index (χ0v) is 9.50. The van der Waals surface area contributed by atoms with Crippen LogP contribution >= 0.6 is 0 Å². The molecule has 1 aliphatic rings. The van der Waals surface area contributed by atoms with Gasteiger partial charge in [-0.15, -0.1) is 0 Å². The smallest absolute Gasteiger partial charge is 0.165 e. The number of hydrogen-bond donors (Lipinski definition) is 0. The van der Waals surface area contributed by atoms with Crippen LogP contribution in [0, 0.1) is 11.6 Å². The molecule has 1 heterocycles. The fraction of sp³-hybridized carbons (Fsp3) is 0.417. The van der Waals surface area contributed by atoms with Gasteiger partial charge in [0.2, 0.25) is 0 Å². The summed E-state index contributed by atoms with van der Waals surface area (Å²) in [5.41, 5.74) is -0.0182. The molecule has 5 heteroatoms. The molecule has 0 spiro atoms. The van der Waals surface area contributed by atoms with Crippen molar-refractivity contribution in [1.82, 2.24) is 0 Å². The van der Waals surface area contributed by atoms with E-state index >= 15 is 0 Å². The Morgan fingerprint density at radius 3 is 2.24 bits per heavy atom. The molecule has 1 aromatic rings. The maximum Gasteiger partial charge on any atom is 0.165 e. The molecule has 0 bridgehead atoms. The highest BCUT2D eigenvalue weighted by Crippen LogP contribution is 2.23. The highest BCUT2D eigenvalue weighted by molar-refractivity contribution is 5.95. The Morgan fingerprint density at radius 2 is 1.76 bits per heavy atom. The number of rotatable bonds is 2. The first-order valence-corrected chi connectivity index (χ1v) is 5.42. The van der Waals surface area contributed by atoms with Gasteiger partial charge >= 0.3 is 0 Å². The average Bonchev–Trinajstić information content (AvgIpc) is 2.28. The van der Waals surface area contributed by atoms with Gasteiger partial charge in [-0.05, 0) is 19.1 Å². The van der Waals surface area contributed by atoms with Crippen LogP contribution in [0.15, 0.2) is 12.1 Å². The Kier molecular flexibility index (Phi) is 3.38. The lowest BCUT2D eigenvalue weighted by molar-refractivity contribution is 0.100. The molecular formula is C12H13F2NO2. The van der Waals surface area contributed by atoms with Crippen molar-refractivity contribution in [2.24, 2.45) is 0 Å². The fourth-order valence-corrected chi connectivity index (χ4v) is 1.90. The highest BCUT2D eigenvalue weighted by atomic mass is 19.1. The van der Waals surface area contributed by atoms with Crippen molar-refractivity contribution in [1.29, 1.82) is 0 Å². The Labute approximate surface area is 98.0 Å². The van der Waals surface area contributed by atoms with E-state index in [0.29, 0.717) is 32.0 Å². The Hall–Kier alpha value is -1.49. The zero-order valence-electron chi connectivity index (χ0n) is 9.50. The molecule has 0 atom stereocenters. The predicted octanol–water partition coefficient (Wildman–Crippen LogP) is 2.00. The number of morpholine rings is 1. The SMILES string of the molecule is CC(=O)c1c(F)cc(N2CCOCC2)cc1F. The Bertz CT molecular complexity index is 419. The number of ketones is 1. The molecule has 92 valence electrons. The van der Waals surface area contributed by atoms with Crippen LogP contribution in [0.25, 0.3) is 0 Å². The second-order valence-corrected chi connectivity index (χ2v) is 3.94. The quantitative estimate of drug-likeness (QED) is 0.742. The minimum Gasteiger partial charge on any atom is -0.378 e. The molecule has 17 heavy (non-hydrogen) atoms. The summed E-state index contributed by atoms with van der Waals surface area (Å²) < 4.78 is 32.4. The standard InChI is InChI=1S/C12H13F2NO2/c1-8(16)12-10(13)6-9(7-11(12)14)15-2-4-17-5-3-15/h6-7H,2-5H2,1H3. The molecule has 1 aromatic carbocycles. The van der Waals surface area contributed by atoms with E-state index in [1.807, 2.05) is 4.90 Å². The molecule has 1 saturated heterocycles. The molecule has 3 nitrogen and oxygen atoms in total. The minimum absolute atomic E-state index is 0.452. The van der Waals surface area contributed by atoms with E-state index in [9.17, 15) is 13.6 Å². The number of carbonyl (C=O) groups excluding carboxylic acids is 1. The van der Waals surface area contributed by atoms with Crippen molar-refractivity contribution >= 4 is 11.5 Å². The van der Waals surface area contributed by atoms with Gasteiger partial charge in [-0.2, -0.15) is 0 Å². The van der Waals surface area contributed by atoms with Gasteiger partial charge in [0.05, 0.1) is 18.8 Å². The third-order valence-corrected chi connectivity index (χ3v) is 2.76.